The summed E-state index contributed by atoms with van der Waals surface area (Å²) in [5.41, 5.74) is 0.400. The van der Waals surface area contributed by atoms with Crippen molar-refractivity contribution in [2.75, 3.05) is 0 Å². The van der Waals surface area contributed by atoms with Gasteiger partial charge in [0.25, 0.3) is 11.3 Å². The number of pyridine rings is 1. The molecule has 3 rings (SSSR count). The molecular weight excluding hydrogens is 342 g/mol. The van der Waals surface area contributed by atoms with Crippen LogP contribution in [0.1, 0.15) is 38.2 Å². The molecule has 23 heavy (non-hydrogen) atoms. The number of hydrogen-bond acceptors (Lipinski definition) is 6. The van der Waals surface area contributed by atoms with Crippen molar-refractivity contribution in [3.63, 3.8) is 0 Å². The van der Waals surface area contributed by atoms with Gasteiger partial charge < -0.3 is 15.0 Å². The van der Waals surface area contributed by atoms with Gasteiger partial charge >= 0.3 is 5.88 Å². The summed E-state index contributed by atoms with van der Waals surface area (Å²) in [6, 6.07) is 1.56. The SMILES string of the molecule is CC(=O)c1c(O)[nH]c2c(C(=O)[O-])c(Cc3cnc(Cl)s3)cc[n+]12. The second-order valence-corrected chi connectivity index (χ2v) is 6.55. The Morgan fingerprint density at radius 3 is 2.83 bits per heavy atom. The number of imidazole rings is 1. The number of carboxylic acid groups (broad SMARTS) is 1. The summed E-state index contributed by atoms with van der Waals surface area (Å²) in [5.74, 6) is -2.20. The lowest BCUT2D eigenvalue weighted by molar-refractivity contribution is -0.513. The van der Waals surface area contributed by atoms with Gasteiger partial charge in [0.1, 0.15) is 0 Å². The van der Waals surface area contributed by atoms with Crippen LogP contribution >= 0.6 is 22.9 Å². The van der Waals surface area contributed by atoms with Crippen molar-refractivity contribution in [1.82, 2.24) is 9.97 Å². The average Bonchev–Trinajstić information content (AvgIpc) is 3.00. The van der Waals surface area contributed by atoms with Crippen LogP contribution in [0.15, 0.2) is 18.5 Å². The summed E-state index contributed by atoms with van der Waals surface area (Å²) < 4.78 is 1.66. The minimum atomic E-state index is -1.41. The molecule has 118 valence electrons. The predicted octanol–water partition coefficient (Wildman–Crippen LogP) is 0.726. The molecule has 3 heterocycles. The average molecular weight is 352 g/mol. The number of carbonyl (C=O) groups is 2. The van der Waals surface area contributed by atoms with Gasteiger partial charge in [0.2, 0.25) is 5.78 Å². The zero-order chi connectivity index (χ0) is 16.7. The maximum atomic E-state index is 11.6. The first kappa shape index (κ1) is 15.4. The number of halogens is 1. The van der Waals surface area contributed by atoms with Gasteiger partial charge in [0, 0.05) is 24.4 Å². The van der Waals surface area contributed by atoms with Crippen LogP contribution in [-0.2, 0) is 6.42 Å². The highest BCUT2D eigenvalue weighted by molar-refractivity contribution is 7.15. The zero-order valence-corrected chi connectivity index (χ0v) is 13.4. The van der Waals surface area contributed by atoms with E-state index in [0.717, 1.165) is 4.88 Å². The summed E-state index contributed by atoms with van der Waals surface area (Å²) in [6.07, 6.45) is 3.38. The molecule has 0 aliphatic heterocycles. The zero-order valence-electron chi connectivity index (χ0n) is 11.8. The van der Waals surface area contributed by atoms with Crippen molar-refractivity contribution in [2.45, 2.75) is 13.3 Å². The smallest absolute Gasteiger partial charge is 0.332 e. The van der Waals surface area contributed by atoms with Crippen LogP contribution in [-0.4, -0.2) is 26.8 Å². The Bertz CT molecular complexity index is 947. The maximum absolute atomic E-state index is 11.6. The van der Waals surface area contributed by atoms with Crippen LogP contribution in [0.3, 0.4) is 0 Å². The molecule has 0 aromatic carbocycles. The summed E-state index contributed by atoms with van der Waals surface area (Å²) >= 11 is 7.02. The standard InChI is InChI=1S/C14H10ClN3O4S/c1-6(19)10-12(20)17-11-9(13(21)22)7(2-3-18(10)11)4-8-5-16-14(15)23-8/h2-3,5H,4H2,1H3,(H2,19,20,21,22). The maximum Gasteiger partial charge on any atom is 0.332 e. The molecule has 9 heteroatoms. The third kappa shape index (κ3) is 2.66. The van der Waals surface area contributed by atoms with Crippen LogP contribution in [0.2, 0.25) is 4.47 Å². The fourth-order valence-electron chi connectivity index (χ4n) is 2.45. The second kappa shape index (κ2) is 5.64. The number of carboxylic acids is 1. The van der Waals surface area contributed by atoms with E-state index in [2.05, 4.69) is 9.97 Å². The number of nitrogens with one attached hydrogen (secondary N) is 1. The highest BCUT2D eigenvalue weighted by Crippen LogP contribution is 2.24. The van der Waals surface area contributed by atoms with E-state index in [4.69, 9.17) is 11.6 Å². The van der Waals surface area contributed by atoms with Crippen molar-refractivity contribution < 1.29 is 24.2 Å². The van der Waals surface area contributed by atoms with Gasteiger partial charge in [-0.2, -0.15) is 4.40 Å². The third-order valence-corrected chi connectivity index (χ3v) is 4.47. The number of thiazole rings is 1. The highest BCUT2D eigenvalue weighted by Gasteiger charge is 2.27. The van der Waals surface area contributed by atoms with E-state index in [1.165, 1.54) is 28.9 Å². The van der Waals surface area contributed by atoms with Gasteiger partial charge in [-0.3, -0.25) is 4.79 Å². The Balaban J connectivity index is 2.21. The highest BCUT2D eigenvalue weighted by atomic mass is 35.5. The quantitative estimate of drug-likeness (QED) is 0.531. The van der Waals surface area contributed by atoms with E-state index in [-0.39, 0.29) is 16.9 Å². The molecule has 0 fully saturated rings. The molecule has 0 saturated carbocycles. The first-order chi connectivity index (χ1) is 10.9. The lowest BCUT2D eigenvalue weighted by Crippen LogP contribution is -2.32. The first-order valence-corrected chi connectivity index (χ1v) is 7.68. The number of Topliss-reactive ketones (excluding diaryl/α,β-unsaturated/α-hetero) is 1. The lowest BCUT2D eigenvalue weighted by Gasteiger charge is -2.07. The van der Waals surface area contributed by atoms with Crippen LogP contribution in [0.5, 0.6) is 5.88 Å². The Hall–Kier alpha value is -2.45. The Morgan fingerprint density at radius 1 is 1.52 bits per heavy atom. The van der Waals surface area contributed by atoms with Crippen molar-refractivity contribution in [3.05, 3.63) is 44.6 Å². The number of fused-ring (bicyclic) bond motifs is 1. The number of carbonyl (C=O) groups excluding carboxylic acids is 2. The molecule has 3 aromatic heterocycles. The normalized spacial score (nSPS) is 11.0. The minimum absolute atomic E-state index is 0.0186. The van der Waals surface area contributed by atoms with E-state index >= 15 is 0 Å². The molecule has 0 amide bonds. The number of H-pyrrole nitrogens is 1. The van der Waals surface area contributed by atoms with Crippen molar-refractivity contribution in [2.24, 2.45) is 0 Å². The molecule has 2 N–H and O–H groups in total. The van der Waals surface area contributed by atoms with E-state index in [1.807, 2.05) is 0 Å². The number of ketones is 1. The molecule has 0 spiro atoms. The van der Waals surface area contributed by atoms with Crippen molar-refractivity contribution in [3.8, 4) is 5.88 Å². The van der Waals surface area contributed by atoms with Gasteiger partial charge in [0.05, 0.1) is 17.7 Å². The molecule has 3 aromatic rings. The molecule has 0 unspecified atom stereocenters. The number of aromatic nitrogens is 3. The number of rotatable bonds is 4. The van der Waals surface area contributed by atoms with E-state index in [0.29, 0.717) is 16.5 Å². The number of aromatic hydroxyl groups is 1. The first-order valence-electron chi connectivity index (χ1n) is 6.49. The Morgan fingerprint density at radius 2 is 2.26 bits per heavy atom. The van der Waals surface area contributed by atoms with Crippen LogP contribution in [0.25, 0.3) is 5.65 Å². The van der Waals surface area contributed by atoms with Gasteiger partial charge in [-0.1, -0.05) is 11.6 Å². The fourth-order valence-corrected chi connectivity index (χ4v) is 3.45. The summed E-state index contributed by atoms with van der Waals surface area (Å²) in [7, 11) is 0. The molecule has 7 nitrogen and oxygen atoms in total. The van der Waals surface area contributed by atoms with Gasteiger partial charge in [-0.25, -0.2) is 9.97 Å². The molecule has 0 atom stereocenters. The van der Waals surface area contributed by atoms with Crippen LogP contribution in [0, 0.1) is 0 Å². The summed E-state index contributed by atoms with van der Waals surface area (Å²) in [5, 5.41) is 21.4. The van der Waals surface area contributed by atoms with E-state index in [1.54, 1.807) is 12.3 Å². The molecule has 0 aliphatic carbocycles. The van der Waals surface area contributed by atoms with Gasteiger partial charge in [-0.15, -0.1) is 11.3 Å². The lowest BCUT2D eigenvalue weighted by atomic mass is 10.1. The van der Waals surface area contributed by atoms with Gasteiger partial charge in [-0.05, 0) is 11.6 Å². The minimum Gasteiger partial charge on any atom is -0.544 e. The number of hydrogen-bond donors (Lipinski definition) is 2. The van der Waals surface area contributed by atoms with Gasteiger partial charge in [0.15, 0.2) is 4.47 Å². The molecule has 0 aliphatic rings. The van der Waals surface area contributed by atoms with Crippen molar-refractivity contribution in [1.29, 1.82) is 0 Å². The number of aromatic carboxylic acids is 1. The topological polar surface area (TPSA) is 110 Å². The third-order valence-electron chi connectivity index (χ3n) is 3.35. The monoisotopic (exact) mass is 351 g/mol. The molecule has 0 radical (unpaired) electrons. The fraction of sp³-hybridized carbons (Fsp3) is 0.143. The number of aromatic amines is 1. The van der Waals surface area contributed by atoms with Crippen LogP contribution < -0.4 is 9.51 Å². The van der Waals surface area contributed by atoms with Crippen molar-refractivity contribution >= 4 is 40.3 Å². The summed E-state index contributed by atoms with van der Waals surface area (Å²) in [4.78, 5) is 30.4. The summed E-state index contributed by atoms with van der Waals surface area (Å²) in [6.45, 7) is 1.28. The molecular formula is C14H10ClN3O4S. The van der Waals surface area contributed by atoms with E-state index < -0.39 is 17.6 Å². The van der Waals surface area contributed by atoms with E-state index in [9.17, 15) is 19.8 Å². The molecule has 0 saturated heterocycles. The Kier molecular flexibility index (Phi) is 3.78. The van der Waals surface area contributed by atoms with Crippen LogP contribution in [0.4, 0.5) is 0 Å². The molecule has 0 bridgehead atoms. The Labute approximate surface area is 138 Å². The second-order valence-electron chi connectivity index (χ2n) is 4.86. The number of nitrogens with zero attached hydrogens (tertiary/aromatic N) is 2. The predicted molar refractivity (Wildman–Crippen MR) is 79.9 cm³/mol. The largest absolute Gasteiger partial charge is 0.544 e.